The topological polar surface area (TPSA) is 20.3 Å². The molecule has 1 aromatic rings. The number of carbonyl (C=O) groups excluding carboxylic acids is 1. The van der Waals surface area contributed by atoms with E-state index in [1.54, 1.807) is 6.07 Å². The van der Waals surface area contributed by atoms with E-state index in [0.717, 1.165) is 31.6 Å². The Balaban J connectivity index is 3.06. The first-order chi connectivity index (χ1) is 9.82. The van der Waals surface area contributed by atoms with Crippen molar-refractivity contribution in [1.82, 2.24) is 0 Å². The lowest BCUT2D eigenvalue weighted by Gasteiger charge is -2.28. The maximum Gasteiger partial charge on any atom is 0.164 e. The molecular formula is C18H28FNO. The van der Waals surface area contributed by atoms with E-state index in [2.05, 4.69) is 32.6 Å². The van der Waals surface area contributed by atoms with Gasteiger partial charge in [0.25, 0.3) is 0 Å². The number of halogens is 1. The molecule has 0 N–H and O–H groups in total. The van der Waals surface area contributed by atoms with Crippen LogP contribution >= 0.6 is 0 Å². The highest BCUT2D eigenvalue weighted by Gasteiger charge is 2.18. The largest absolute Gasteiger partial charge is 0.371 e. The van der Waals surface area contributed by atoms with Crippen molar-refractivity contribution >= 4 is 11.5 Å². The number of hydrogen-bond acceptors (Lipinski definition) is 2. The molecule has 118 valence electrons. The molecule has 1 rings (SSSR count). The molecular weight excluding hydrogens is 265 g/mol. The maximum atomic E-state index is 14.0. The maximum absolute atomic E-state index is 14.0. The molecule has 0 aromatic heterocycles. The van der Waals surface area contributed by atoms with Gasteiger partial charge in [-0.05, 0) is 43.7 Å². The molecule has 1 aromatic carbocycles. The van der Waals surface area contributed by atoms with Crippen LogP contribution in [0.1, 0.15) is 57.8 Å². The predicted molar refractivity (Wildman–Crippen MR) is 87.5 cm³/mol. The van der Waals surface area contributed by atoms with Crippen LogP contribution in [0.4, 0.5) is 10.1 Å². The zero-order valence-electron chi connectivity index (χ0n) is 13.9. The fourth-order valence-corrected chi connectivity index (χ4v) is 2.31. The quantitative estimate of drug-likeness (QED) is 0.634. The van der Waals surface area contributed by atoms with E-state index in [9.17, 15) is 9.18 Å². The summed E-state index contributed by atoms with van der Waals surface area (Å²) in [6, 6.07) is 4.92. The molecule has 0 radical (unpaired) electrons. The molecule has 0 saturated carbocycles. The van der Waals surface area contributed by atoms with Gasteiger partial charge in [0.2, 0.25) is 0 Å². The van der Waals surface area contributed by atoms with Gasteiger partial charge in [0.1, 0.15) is 5.82 Å². The third-order valence-corrected chi connectivity index (χ3v) is 3.64. The molecule has 0 aliphatic rings. The van der Waals surface area contributed by atoms with Crippen LogP contribution in [0, 0.1) is 17.7 Å². The Kier molecular flexibility index (Phi) is 6.86. The van der Waals surface area contributed by atoms with Crippen molar-refractivity contribution in [2.24, 2.45) is 11.8 Å². The first-order valence-corrected chi connectivity index (χ1v) is 7.87. The zero-order chi connectivity index (χ0) is 16.0. The van der Waals surface area contributed by atoms with Gasteiger partial charge in [0.05, 0.1) is 11.3 Å². The van der Waals surface area contributed by atoms with Crippen molar-refractivity contribution in [3.63, 3.8) is 0 Å². The van der Waals surface area contributed by atoms with Crippen LogP contribution in [0.2, 0.25) is 0 Å². The third kappa shape index (κ3) is 5.49. The summed E-state index contributed by atoms with van der Waals surface area (Å²) in [6.45, 7) is 11.9. The summed E-state index contributed by atoms with van der Waals surface area (Å²) < 4.78 is 14.0. The zero-order valence-corrected chi connectivity index (χ0v) is 13.9. The highest BCUT2D eigenvalue weighted by Crippen LogP contribution is 2.25. The molecule has 0 fully saturated rings. The Morgan fingerprint density at radius 1 is 1.10 bits per heavy atom. The summed E-state index contributed by atoms with van der Waals surface area (Å²) in [6.07, 6.45) is 2.07. The molecule has 0 aliphatic carbocycles. The number of Topliss-reactive ketones (excluding diaryl/α,β-unsaturated/α-hetero) is 1. The Morgan fingerprint density at radius 3 is 2.05 bits per heavy atom. The minimum absolute atomic E-state index is 0.206. The molecule has 0 bridgehead atoms. The number of nitrogens with zero attached hydrogens (tertiary/aromatic N) is 1. The van der Waals surface area contributed by atoms with Gasteiger partial charge in [-0.2, -0.15) is 0 Å². The van der Waals surface area contributed by atoms with Gasteiger partial charge in [-0.3, -0.25) is 4.79 Å². The number of carbonyl (C=O) groups is 1. The van der Waals surface area contributed by atoms with Crippen molar-refractivity contribution < 1.29 is 9.18 Å². The first kappa shape index (κ1) is 17.7. The molecule has 0 saturated heterocycles. The van der Waals surface area contributed by atoms with Gasteiger partial charge in [-0.15, -0.1) is 0 Å². The monoisotopic (exact) mass is 293 g/mol. The second-order valence-corrected chi connectivity index (χ2v) is 6.54. The highest BCUT2D eigenvalue weighted by atomic mass is 19.1. The molecule has 0 unspecified atom stereocenters. The van der Waals surface area contributed by atoms with Crippen molar-refractivity contribution in [2.75, 3.05) is 18.0 Å². The summed E-state index contributed by atoms with van der Waals surface area (Å²) in [7, 11) is 0. The van der Waals surface area contributed by atoms with Crippen LogP contribution in [-0.4, -0.2) is 18.9 Å². The van der Waals surface area contributed by atoms with Crippen LogP contribution in [0.3, 0.4) is 0 Å². The van der Waals surface area contributed by atoms with Gasteiger partial charge in [-0.25, -0.2) is 4.39 Å². The van der Waals surface area contributed by atoms with Crippen molar-refractivity contribution in [2.45, 2.75) is 47.5 Å². The Bertz CT molecular complexity index is 456. The molecule has 2 nitrogen and oxygen atoms in total. The fourth-order valence-electron chi connectivity index (χ4n) is 2.31. The second-order valence-electron chi connectivity index (χ2n) is 6.54. The average molecular weight is 293 g/mol. The molecule has 0 atom stereocenters. The number of benzene rings is 1. The highest BCUT2D eigenvalue weighted by molar-refractivity contribution is 6.00. The SMILES string of the molecule is CC(=O)c1c(F)cccc1N(CCC(C)C)CCC(C)C. The standard InChI is InChI=1S/C18H28FNO/c1-13(2)9-11-20(12-10-14(3)4)17-8-6-7-16(19)18(17)15(5)21/h6-8,13-14H,9-12H2,1-5H3. The predicted octanol–water partition coefficient (Wildman–Crippen LogP) is 4.93. The summed E-state index contributed by atoms with van der Waals surface area (Å²) in [5, 5.41) is 0. The van der Waals surface area contributed by atoms with Crippen LogP contribution in [0.5, 0.6) is 0 Å². The van der Waals surface area contributed by atoms with E-state index < -0.39 is 5.82 Å². The first-order valence-electron chi connectivity index (χ1n) is 7.87. The van der Waals surface area contributed by atoms with Crippen molar-refractivity contribution in [3.05, 3.63) is 29.6 Å². The van der Waals surface area contributed by atoms with Gasteiger partial charge in [0, 0.05) is 13.1 Å². The molecule has 0 amide bonds. The average Bonchev–Trinajstić information content (AvgIpc) is 2.37. The minimum atomic E-state index is -0.418. The van der Waals surface area contributed by atoms with Gasteiger partial charge < -0.3 is 4.90 Å². The van der Waals surface area contributed by atoms with Crippen LogP contribution in [-0.2, 0) is 0 Å². The van der Waals surface area contributed by atoms with Gasteiger partial charge in [0.15, 0.2) is 5.78 Å². The Labute approximate surface area is 128 Å². The van der Waals surface area contributed by atoms with E-state index in [4.69, 9.17) is 0 Å². The second kappa shape index (κ2) is 8.16. The summed E-state index contributed by atoms with van der Waals surface area (Å²) in [4.78, 5) is 14.0. The fraction of sp³-hybridized carbons (Fsp3) is 0.611. The number of hydrogen-bond donors (Lipinski definition) is 0. The lowest BCUT2D eigenvalue weighted by Crippen LogP contribution is -2.29. The third-order valence-electron chi connectivity index (χ3n) is 3.64. The summed E-state index contributed by atoms with van der Waals surface area (Å²) in [5.41, 5.74) is 0.966. The van der Waals surface area contributed by atoms with E-state index in [-0.39, 0.29) is 11.3 Å². The van der Waals surface area contributed by atoms with E-state index in [1.165, 1.54) is 13.0 Å². The van der Waals surface area contributed by atoms with Crippen LogP contribution < -0.4 is 4.90 Å². The lowest BCUT2D eigenvalue weighted by atomic mass is 10.0. The smallest absolute Gasteiger partial charge is 0.164 e. The number of ketones is 1. The molecule has 0 heterocycles. The van der Waals surface area contributed by atoms with E-state index in [1.807, 2.05) is 6.07 Å². The van der Waals surface area contributed by atoms with Crippen LogP contribution in [0.25, 0.3) is 0 Å². The summed E-state index contributed by atoms with van der Waals surface area (Å²) in [5.74, 6) is 0.545. The minimum Gasteiger partial charge on any atom is -0.371 e. The van der Waals surface area contributed by atoms with Crippen molar-refractivity contribution in [1.29, 1.82) is 0 Å². The van der Waals surface area contributed by atoms with Gasteiger partial charge >= 0.3 is 0 Å². The Hall–Kier alpha value is -1.38. The molecule has 0 aliphatic heterocycles. The van der Waals surface area contributed by atoms with Crippen molar-refractivity contribution in [3.8, 4) is 0 Å². The molecule has 0 spiro atoms. The normalized spacial score (nSPS) is 11.2. The number of rotatable bonds is 8. The van der Waals surface area contributed by atoms with E-state index >= 15 is 0 Å². The number of anilines is 1. The Morgan fingerprint density at radius 2 is 1.62 bits per heavy atom. The lowest BCUT2D eigenvalue weighted by molar-refractivity contribution is 0.101. The summed E-state index contributed by atoms with van der Waals surface area (Å²) >= 11 is 0. The van der Waals surface area contributed by atoms with Crippen LogP contribution in [0.15, 0.2) is 18.2 Å². The van der Waals surface area contributed by atoms with E-state index in [0.29, 0.717) is 11.8 Å². The molecule has 21 heavy (non-hydrogen) atoms. The molecule has 3 heteroatoms. The van der Waals surface area contributed by atoms with Gasteiger partial charge in [-0.1, -0.05) is 33.8 Å².